The number of hydrogen-bond donors (Lipinski definition) is 1. The molecule has 0 spiro atoms. The monoisotopic (exact) mass is 228 g/mol. The van der Waals surface area contributed by atoms with E-state index in [2.05, 4.69) is 23.7 Å². The van der Waals surface area contributed by atoms with Crippen LogP contribution in [0.1, 0.15) is 37.3 Å². The van der Waals surface area contributed by atoms with E-state index in [-0.39, 0.29) is 4.87 Å². The third-order valence-electron chi connectivity index (χ3n) is 2.37. The standard InChI is InChI=1S/C11H20N2OS/c1-4-6-13(7-5-2)8-10-9(3)12-11(14)15-10/h4-8H2,1-3H3,(H,12,14). The van der Waals surface area contributed by atoms with Crippen molar-refractivity contribution in [3.8, 4) is 0 Å². The molecule has 0 fully saturated rings. The van der Waals surface area contributed by atoms with Gasteiger partial charge >= 0.3 is 4.87 Å². The van der Waals surface area contributed by atoms with Crippen LogP contribution < -0.4 is 4.87 Å². The first-order valence-electron chi connectivity index (χ1n) is 5.58. The van der Waals surface area contributed by atoms with Crippen LogP contribution in [0.25, 0.3) is 0 Å². The molecule has 1 rings (SSSR count). The Hall–Kier alpha value is -0.610. The van der Waals surface area contributed by atoms with Gasteiger partial charge in [-0.05, 0) is 32.9 Å². The molecule has 0 unspecified atom stereocenters. The lowest BCUT2D eigenvalue weighted by molar-refractivity contribution is 0.268. The molecule has 1 N–H and O–H groups in total. The summed E-state index contributed by atoms with van der Waals surface area (Å²) in [5, 5.41) is 0. The van der Waals surface area contributed by atoms with Crippen molar-refractivity contribution in [2.75, 3.05) is 13.1 Å². The maximum Gasteiger partial charge on any atom is 0.304 e. The molecule has 1 heterocycles. The van der Waals surface area contributed by atoms with Crippen LogP contribution in [0.3, 0.4) is 0 Å². The summed E-state index contributed by atoms with van der Waals surface area (Å²) in [4.78, 5) is 17.6. The van der Waals surface area contributed by atoms with Crippen LogP contribution in [0.2, 0.25) is 0 Å². The fourth-order valence-corrected chi connectivity index (χ4v) is 2.57. The van der Waals surface area contributed by atoms with E-state index in [1.165, 1.54) is 29.1 Å². The van der Waals surface area contributed by atoms with Crippen LogP contribution in [-0.2, 0) is 6.54 Å². The molecule has 0 aliphatic heterocycles. The lowest BCUT2D eigenvalue weighted by Crippen LogP contribution is -2.24. The Kier molecular flexibility index (Phi) is 5.05. The Labute approximate surface area is 95.1 Å². The highest BCUT2D eigenvalue weighted by atomic mass is 32.1. The number of hydrogen-bond acceptors (Lipinski definition) is 3. The number of aromatic nitrogens is 1. The van der Waals surface area contributed by atoms with E-state index < -0.39 is 0 Å². The van der Waals surface area contributed by atoms with Gasteiger partial charge < -0.3 is 4.98 Å². The van der Waals surface area contributed by atoms with E-state index in [1.807, 2.05) is 6.92 Å². The Morgan fingerprint density at radius 3 is 2.27 bits per heavy atom. The van der Waals surface area contributed by atoms with Gasteiger partial charge in [-0.15, -0.1) is 0 Å². The Balaban J connectivity index is 2.64. The summed E-state index contributed by atoms with van der Waals surface area (Å²) in [5.74, 6) is 0. The van der Waals surface area contributed by atoms with Crippen molar-refractivity contribution in [1.29, 1.82) is 0 Å². The largest absolute Gasteiger partial charge is 0.317 e. The van der Waals surface area contributed by atoms with Crippen molar-refractivity contribution >= 4 is 11.3 Å². The summed E-state index contributed by atoms with van der Waals surface area (Å²) in [6.07, 6.45) is 2.33. The summed E-state index contributed by atoms with van der Waals surface area (Å²) in [6, 6.07) is 0. The van der Waals surface area contributed by atoms with Crippen molar-refractivity contribution in [2.24, 2.45) is 0 Å². The summed E-state index contributed by atoms with van der Waals surface area (Å²) >= 11 is 1.34. The molecule has 0 aromatic carbocycles. The smallest absolute Gasteiger partial charge is 0.304 e. The number of H-pyrrole nitrogens is 1. The van der Waals surface area contributed by atoms with Crippen molar-refractivity contribution in [1.82, 2.24) is 9.88 Å². The predicted octanol–water partition coefficient (Wildman–Crippen LogP) is 2.37. The van der Waals surface area contributed by atoms with Gasteiger partial charge in [-0.25, -0.2) is 0 Å². The first kappa shape index (κ1) is 12.5. The lowest BCUT2D eigenvalue weighted by atomic mass is 10.3. The highest BCUT2D eigenvalue weighted by Crippen LogP contribution is 2.12. The Morgan fingerprint density at radius 2 is 1.87 bits per heavy atom. The predicted molar refractivity (Wildman–Crippen MR) is 65.5 cm³/mol. The molecule has 0 amide bonds. The van der Waals surface area contributed by atoms with Gasteiger partial charge in [0.05, 0.1) is 0 Å². The van der Waals surface area contributed by atoms with Gasteiger partial charge in [0.25, 0.3) is 0 Å². The first-order valence-corrected chi connectivity index (χ1v) is 6.40. The molecule has 4 heteroatoms. The molecular formula is C11H20N2OS. The average molecular weight is 228 g/mol. The van der Waals surface area contributed by atoms with E-state index in [9.17, 15) is 4.79 Å². The van der Waals surface area contributed by atoms with E-state index in [0.29, 0.717) is 0 Å². The van der Waals surface area contributed by atoms with Crippen LogP contribution in [0.5, 0.6) is 0 Å². The minimum absolute atomic E-state index is 0.0652. The zero-order valence-corrected chi connectivity index (χ0v) is 10.6. The molecule has 1 aromatic rings. The number of thiazole rings is 1. The van der Waals surface area contributed by atoms with Crippen LogP contribution in [0, 0.1) is 6.92 Å². The molecule has 15 heavy (non-hydrogen) atoms. The third-order valence-corrected chi connectivity index (χ3v) is 3.34. The topological polar surface area (TPSA) is 36.1 Å². The molecule has 0 aliphatic rings. The van der Waals surface area contributed by atoms with Gasteiger partial charge in [0, 0.05) is 17.1 Å². The van der Waals surface area contributed by atoms with Crippen molar-refractivity contribution in [2.45, 2.75) is 40.2 Å². The second kappa shape index (κ2) is 6.08. The van der Waals surface area contributed by atoms with Gasteiger partial charge in [-0.1, -0.05) is 25.2 Å². The number of aromatic amines is 1. The molecule has 1 aromatic heterocycles. The zero-order valence-electron chi connectivity index (χ0n) is 9.80. The molecule has 3 nitrogen and oxygen atoms in total. The second-order valence-corrected chi connectivity index (χ2v) is 4.91. The number of rotatable bonds is 6. The van der Waals surface area contributed by atoms with Crippen LogP contribution >= 0.6 is 11.3 Å². The number of nitrogens with one attached hydrogen (secondary N) is 1. The average Bonchev–Trinajstić information content (AvgIpc) is 2.46. The molecule has 0 bridgehead atoms. The molecule has 0 saturated carbocycles. The SMILES string of the molecule is CCCN(CCC)Cc1sc(=O)[nH]c1C. The molecule has 0 saturated heterocycles. The molecule has 86 valence electrons. The van der Waals surface area contributed by atoms with Crippen molar-refractivity contribution < 1.29 is 0 Å². The van der Waals surface area contributed by atoms with E-state index in [4.69, 9.17) is 0 Å². The number of aryl methyl sites for hydroxylation is 1. The third kappa shape index (κ3) is 3.80. The molecule has 0 atom stereocenters. The minimum Gasteiger partial charge on any atom is -0.317 e. The van der Waals surface area contributed by atoms with E-state index in [0.717, 1.165) is 25.3 Å². The lowest BCUT2D eigenvalue weighted by Gasteiger charge is -2.20. The van der Waals surface area contributed by atoms with Gasteiger partial charge in [0.2, 0.25) is 0 Å². The van der Waals surface area contributed by atoms with Gasteiger partial charge in [0.1, 0.15) is 0 Å². The summed E-state index contributed by atoms with van der Waals surface area (Å²) in [6.45, 7) is 9.49. The zero-order chi connectivity index (χ0) is 11.3. The van der Waals surface area contributed by atoms with Gasteiger partial charge in [-0.2, -0.15) is 0 Å². The Morgan fingerprint density at radius 1 is 1.27 bits per heavy atom. The fourth-order valence-electron chi connectivity index (χ4n) is 1.69. The van der Waals surface area contributed by atoms with Crippen LogP contribution in [-0.4, -0.2) is 23.0 Å². The normalized spacial score (nSPS) is 11.2. The maximum atomic E-state index is 11.2. The highest BCUT2D eigenvalue weighted by Gasteiger charge is 2.08. The first-order chi connectivity index (χ1) is 7.17. The summed E-state index contributed by atoms with van der Waals surface area (Å²) in [7, 11) is 0. The maximum absolute atomic E-state index is 11.2. The Bertz CT molecular complexity index is 337. The molecule has 0 aliphatic carbocycles. The van der Waals surface area contributed by atoms with E-state index >= 15 is 0 Å². The van der Waals surface area contributed by atoms with Gasteiger partial charge in [0.15, 0.2) is 0 Å². The minimum atomic E-state index is 0.0652. The van der Waals surface area contributed by atoms with Crippen LogP contribution in [0.15, 0.2) is 4.79 Å². The molecule has 0 radical (unpaired) electrons. The number of nitrogens with zero attached hydrogens (tertiary/aromatic N) is 1. The fraction of sp³-hybridized carbons (Fsp3) is 0.727. The summed E-state index contributed by atoms with van der Waals surface area (Å²) in [5.41, 5.74) is 1.03. The van der Waals surface area contributed by atoms with E-state index in [1.54, 1.807) is 0 Å². The highest BCUT2D eigenvalue weighted by molar-refractivity contribution is 7.09. The van der Waals surface area contributed by atoms with Gasteiger partial charge in [-0.3, -0.25) is 9.69 Å². The quantitative estimate of drug-likeness (QED) is 0.811. The van der Waals surface area contributed by atoms with Crippen molar-refractivity contribution in [3.63, 3.8) is 0 Å². The van der Waals surface area contributed by atoms with Crippen molar-refractivity contribution in [3.05, 3.63) is 20.2 Å². The summed E-state index contributed by atoms with van der Waals surface area (Å²) < 4.78 is 0. The second-order valence-electron chi connectivity index (χ2n) is 3.84. The molecular weight excluding hydrogens is 208 g/mol. The van der Waals surface area contributed by atoms with Crippen LogP contribution in [0.4, 0.5) is 0 Å².